The van der Waals surface area contributed by atoms with Gasteiger partial charge in [0, 0.05) is 30.0 Å². The van der Waals surface area contributed by atoms with Crippen LogP contribution in [0, 0.1) is 0 Å². The van der Waals surface area contributed by atoms with Gasteiger partial charge in [-0.25, -0.2) is 0 Å². The maximum atomic E-state index is 11.5. The van der Waals surface area contributed by atoms with Crippen molar-refractivity contribution in [3.05, 3.63) is 34.3 Å². The average molecular weight is 350 g/mol. The first-order valence-electron chi connectivity index (χ1n) is 6.37. The van der Waals surface area contributed by atoms with Crippen molar-refractivity contribution in [3.8, 4) is 0 Å². The molecule has 108 valence electrons. The molecule has 0 aliphatic carbocycles. The van der Waals surface area contributed by atoms with E-state index in [9.17, 15) is 4.79 Å². The predicted molar refractivity (Wildman–Crippen MR) is 85.6 cm³/mol. The summed E-state index contributed by atoms with van der Waals surface area (Å²) >= 11 is 3.50. The van der Waals surface area contributed by atoms with Gasteiger partial charge in [0.15, 0.2) is 0 Å². The van der Waals surface area contributed by atoms with E-state index in [1.807, 2.05) is 25.1 Å². The number of hydrogen-bond acceptors (Lipinski definition) is 2. The molecule has 0 spiro atoms. The summed E-state index contributed by atoms with van der Waals surface area (Å²) in [6.07, 6.45) is 1.49. The van der Waals surface area contributed by atoms with E-state index in [-0.39, 0.29) is 24.4 Å². The largest absolute Gasteiger partial charge is 0.354 e. The second kappa shape index (κ2) is 10.2. The van der Waals surface area contributed by atoms with E-state index in [4.69, 9.17) is 0 Å². The van der Waals surface area contributed by atoms with Gasteiger partial charge in [-0.2, -0.15) is 0 Å². The van der Waals surface area contributed by atoms with Crippen molar-refractivity contribution in [2.75, 3.05) is 6.54 Å². The van der Waals surface area contributed by atoms with Crippen molar-refractivity contribution in [2.45, 2.75) is 39.3 Å². The molecule has 0 radical (unpaired) electrons. The van der Waals surface area contributed by atoms with Crippen LogP contribution in [0.5, 0.6) is 0 Å². The lowest BCUT2D eigenvalue weighted by Crippen LogP contribution is -2.33. The van der Waals surface area contributed by atoms with Gasteiger partial charge in [-0.05, 0) is 25.0 Å². The lowest BCUT2D eigenvalue weighted by Gasteiger charge is -2.11. The summed E-state index contributed by atoms with van der Waals surface area (Å²) < 4.78 is 1.10. The van der Waals surface area contributed by atoms with Gasteiger partial charge in [-0.15, -0.1) is 12.4 Å². The molecule has 2 N–H and O–H groups in total. The van der Waals surface area contributed by atoms with Crippen LogP contribution in [0.15, 0.2) is 28.7 Å². The molecule has 0 fully saturated rings. The first-order valence-corrected chi connectivity index (χ1v) is 7.16. The molecule has 5 heteroatoms. The summed E-state index contributed by atoms with van der Waals surface area (Å²) in [5.41, 5.74) is 1.21. The van der Waals surface area contributed by atoms with E-state index in [0.29, 0.717) is 13.0 Å². The van der Waals surface area contributed by atoms with Gasteiger partial charge in [-0.1, -0.05) is 41.1 Å². The molecule has 19 heavy (non-hydrogen) atoms. The van der Waals surface area contributed by atoms with Crippen LogP contribution >= 0.6 is 28.3 Å². The highest BCUT2D eigenvalue weighted by Crippen LogP contribution is 2.15. The van der Waals surface area contributed by atoms with Gasteiger partial charge in [-0.3, -0.25) is 4.79 Å². The summed E-state index contributed by atoms with van der Waals surface area (Å²) in [6.45, 7) is 5.56. The van der Waals surface area contributed by atoms with Crippen LogP contribution in [0.1, 0.15) is 32.3 Å². The van der Waals surface area contributed by atoms with Gasteiger partial charge >= 0.3 is 0 Å². The van der Waals surface area contributed by atoms with Crippen molar-refractivity contribution in [3.63, 3.8) is 0 Å². The quantitative estimate of drug-likeness (QED) is 0.742. The first kappa shape index (κ1) is 18.4. The third-order valence-electron chi connectivity index (χ3n) is 2.82. The predicted octanol–water partition coefficient (Wildman–Crippen LogP) is 3.27. The van der Waals surface area contributed by atoms with E-state index in [0.717, 1.165) is 17.4 Å². The summed E-state index contributed by atoms with van der Waals surface area (Å²) in [4.78, 5) is 11.5. The van der Waals surface area contributed by atoms with Crippen molar-refractivity contribution < 1.29 is 4.79 Å². The third-order valence-corrected chi connectivity index (χ3v) is 3.60. The smallest absolute Gasteiger partial charge is 0.221 e. The van der Waals surface area contributed by atoms with Gasteiger partial charge in [0.1, 0.15) is 0 Å². The standard InChI is InChI=1S/C14H21BrN2O.ClH/c1-3-11(2)17-14(18)8-9-16-10-12-6-4-5-7-13(12)15;/h4-7,11,16H,3,8-10H2,1-2H3,(H,17,18);1H. The van der Waals surface area contributed by atoms with E-state index < -0.39 is 0 Å². The minimum atomic E-state index is 0. The molecular formula is C14H22BrClN2O. The highest BCUT2D eigenvalue weighted by molar-refractivity contribution is 9.10. The second-order valence-corrected chi connectivity index (χ2v) is 5.25. The molecular weight excluding hydrogens is 328 g/mol. The number of nitrogens with one attached hydrogen (secondary N) is 2. The van der Waals surface area contributed by atoms with Crippen molar-refractivity contribution in [1.29, 1.82) is 0 Å². The van der Waals surface area contributed by atoms with Gasteiger partial charge < -0.3 is 10.6 Å². The topological polar surface area (TPSA) is 41.1 Å². The molecule has 0 aliphatic heterocycles. The molecule has 0 saturated carbocycles. The second-order valence-electron chi connectivity index (χ2n) is 4.39. The monoisotopic (exact) mass is 348 g/mol. The van der Waals surface area contributed by atoms with Crippen molar-refractivity contribution >= 4 is 34.2 Å². The zero-order chi connectivity index (χ0) is 13.4. The number of rotatable bonds is 7. The summed E-state index contributed by atoms with van der Waals surface area (Å²) in [6, 6.07) is 8.36. The molecule has 0 heterocycles. The van der Waals surface area contributed by atoms with E-state index in [1.54, 1.807) is 0 Å². The Hall–Kier alpha value is -0.580. The molecule has 1 unspecified atom stereocenters. The van der Waals surface area contributed by atoms with Crippen LogP contribution in [0.2, 0.25) is 0 Å². The van der Waals surface area contributed by atoms with E-state index >= 15 is 0 Å². The lowest BCUT2D eigenvalue weighted by atomic mass is 10.2. The maximum Gasteiger partial charge on any atom is 0.221 e. The maximum absolute atomic E-state index is 11.5. The Labute approximate surface area is 130 Å². The first-order chi connectivity index (χ1) is 8.63. The fourth-order valence-corrected chi connectivity index (χ4v) is 1.94. The Balaban J connectivity index is 0.00000324. The summed E-state index contributed by atoms with van der Waals surface area (Å²) in [5, 5.41) is 6.23. The molecule has 0 bridgehead atoms. The highest BCUT2D eigenvalue weighted by Gasteiger charge is 2.04. The zero-order valence-electron chi connectivity index (χ0n) is 11.4. The number of benzene rings is 1. The minimum absolute atomic E-state index is 0. The van der Waals surface area contributed by atoms with Crippen LogP contribution in [0.4, 0.5) is 0 Å². The van der Waals surface area contributed by atoms with Crippen molar-refractivity contribution in [2.24, 2.45) is 0 Å². The Morgan fingerprint density at radius 2 is 2.05 bits per heavy atom. The number of halogens is 2. The Morgan fingerprint density at radius 3 is 2.68 bits per heavy atom. The lowest BCUT2D eigenvalue weighted by molar-refractivity contribution is -0.121. The average Bonchev–Trinajstić information content (AvgIpc) is 2.36. The van der Waals surface area contributed by atoms with Crippen LogP contribution in [-0.4, -0.2) is 18.5 Å². The minimum Gasteiger partial charge on any atom is -0.354 e. The fraction of sp³-hybridized carbons (Fsp3) is 0.500. The number of hydrogen-bond donors (Lipinski definition) is 2. The Bertz CT molecular complexity index is 387. The zero-order valence-corrected chi connectivity index (χ0v) is 13.8. The highest BCUT2D eigenvalue weighted by atomic mass is 79.9. The molecule has 0 saturated heterocycles. The molecule has 0 aliphatic rings. The molecule has 0 aromatic heterocycles. The van der Waals surface area contributed by atoms with Crippen LogP contribution < -0.4 is 10.6 Å². The van der Waals surface area contributed by atoms with Crippen LogP contribution in [0.3, 0.4) is 0 Å². The van der Waals surface area contributed by atoms with Gasteiger partial charge in [0.05, 0.1) is 0 Å². The SMILES string of the molecule is CCC(C)NC(=O)CCNCc1ccccc1Br.Cl. The van der Waals surface area contributed by atoms with Crippen LogP contribution in [-0.2, 0) is 11.3 Å². The molecule has 1 rings (SSSR count). The molecule has 1 aromatic carbocycles. The van der Waals surface area contributed by atoms with E-state index in [1.165, 1.54) is 5.56 Å². The van der Waals surface area contributed by atoms with E-state index in [2.05, 4.69) is 39.6 Å². The fourth-order valence-electron chi connectivity index (χ4n) is 1.52. The molecule has 1 aromatic rings. The van der Waals surface area contributed by atoms with Crippen LogP contribution in [0.25, 0.3) is 0 Å². The Kier molecular flexibility index (Phi) is 9.92. The summed E-state index contributed by atoms with van der Waals surface area (Å²) in [7, 11) is 0. The Morgan fingerprint density at radius 1 is 1.37 bits per heavy atom. The molecule has 1 atom stereocenters. The normalized spacial score (nSPS) is 11.5. The number of carbonyl (C=O) groups excluding carboxylic acids is 1. The number of carbonyl (C=O) groups is 1. The van der Waals surface area contributed by atoms with Gasteiger partial charge in [0.25, 0.3) is 0 Å². The summed E-state index contributed by atoms with van der Waals surface area (Å²) in [5.74, 6) is 0.115. The number of amides is 1. The van der Waals surface area contributed by atoms with Gasteiger partial charge in [0.2, 0.25) is 5.91 Å². The van der Waals surface area contributed by atoms with Crippen molar-refractivity contribution in [1.82, 2.24) is 10.6 Å². The molecule has 1 amide bonds. The molecule has 3 nitrogen and oxygen atoms in total. The third kappa shape index (κ3) is 7.55.